The van der Waals surface area contributed by atoms with E-state index >= 15 is 0 Å². The second-order valence-electron chi connectivity index (χ2n) is 8.01. The summed E-state index contributed by atoms with van der Waals surface area (Å²) >= 11 is 0. The zero-order chi connectivity index (χ0) is 18.0. The van der Waals surface area contributed by atoms with Crippen LogP contribution < -0.4 is 5.32 Å². The van der Waals surface area contributed by atoms with Crippen molar-refractivity contribution in [1.29, 1.82) is 0 Å². The summed E-state index contributed by atoms with van der Waals surface area (Å²) in [5, 5.41) is 11.5. The maximum absolute atomic E-state index is 12.6. The van der Waals surface area contributed by atoms with Gasteiger partial charge in [0, 0.05) is 31.2 Å². The third-order valence-electron chi connectivity index (χ3n) is 4.93. The number of rotatable bonds is 2. The van der Waals surface area contributed by atoms with Crippen molar-refractivity contribution in [2.75, 3.05) is 19.6 Å². The lowest BCUT2D eigenvalue weighted by molar-refractivity contribution is -0.115. The van der Waals surface area contributed by atoms with Gasteiger partial charge in [-0.05, 0) is 58.4 Å². The molecule has 3 aliphatic rings. The first-order valence-electron chi connectivity index (χ1n) is 9.22. The first-order valence-corrected chi connectivity index (χ1v) is 9.22. The molecule has 0 bridgehead atoms. The van der Waals surface area contributed by atoms with Crippen LogP contribution in [0, 0.1) is 0 Å². The molecule has 1 N–H and O–H groups in total. The SMILES string of the molecule is CC(C)(C)OC(=O)N1CCNCC1CC1N=NC(=O)C2=C1CCCC2. The molecule has 0 saturated carbocycles. The smallest absolute Gasteiger partial charge is 0.410 e. The molecule has 0 aromatic carbocycles. The summed E-state index contributed by atoms with van der Waals surface area (Å²) in [6.07, 6.45) is 4.26. The van der Waals surface area contributed by atoms with Gasteiger partial charge in [-0.2, -0.15) is 5.11 Å². The van der Waals surface area contributed by atoms with Crippen LogP contribution in [0.3, 0.4) is 0 Å². The fraction of sp³-hybridized carbons (Fsp3) is 0.778. The van der Waals surface area contributed by atoms with Gasteiger partial charge in [0.25, 0.3) is 5.91 Å². The van der Waals surface area contributed by atoms with E-state index in [4.69, 9.17) is 4.74 Å². The van der Waals surface area contributed by atoms with E-state index in [-0.39, 0.29) is 24.1 Å². The summed E-state index contributed by atoms with van der Waals surface area (Å²) in [5.41, 5.74) is 1.49. The van der Waals surface area contributed by atoms with Crippen molar-refractivity contribution < 1.29 is 14.3 Å². The second kappa shape index (κ2) is 7.23. The molecule has 1 saturated heterocycles. The maximum Gasteiger partial charge on any atom is 0.410 e. The number of azo groups is 1. The molecular formula is C18H28N4O3. The van der Waals surface area contributed by atoms with E-state index in [1.807, 2.05) is 20.8 Å². The van der Waals surface area contributed by atoms with E-state index < -0.39 is 5.60 Å². The quantitative estimate of drug-likeness (QED) is 0.832. The zero-order valence-corrected chi connectivity index (χ0v) is 15.4. The number of carbonyl (C=O) groups excluding carboxylic acids is 2. The van der Waals surface area contributed by atoms with Crippen LogP contribution in [0.2, 0.25) is 0 Å². The van der Waals surface area contributed by atoms with Gasteiger partial charge in [-0.1, -0.05) is 0 Å². The van der Waals surface area contributed by atoms with E-state index in [0.29, 0.717) is 19.5 Å². The van der Waals surface area contributed by atoms with Crippen molar-refractivity contribution in [2.45, 2.75) is 70.6 Å². The Morgan fingerprint density at radius 2 is 2.08 bits per heavy atom. The Hall–Kier alpha value is -1.76. The second-order valence-corrected chi connectivity index (χ2v) is 8.01. The number of amides is 2. The van der Waals surface area contributed by atoms with E-state index in [1.54, 1.807) is 4.90 Å². The van der Waals surface area contributed by atoms with E-state index in [1.165, 1.54) is 0 Å². The highest BCUT2D eigenvalue weighted by Gasteiger charge is 2.35. The van der Waals surface area contributed by atoms with Gasteiger partial charge in [-0.25, -0.2) is 4.79 Å². The lowest BCUT2D eigenvalue weighted by atomic mass is 9.84. The number of nitrogens with zero attached hydrogens (tertiary/aromatic N) is 3. The molecule has 2 unspecified atom stereocenters. The number of ether oxygens (including phenoxy) is 1. The third kappa shape index (κ3) is 4.26. The summed E-state index contributed by atoms with van der Waals surface area (Å²) < 4.78 is 5.56. The Bertz CT molecular complexity index is 606. The Balaban J connectivity index is 1.73. The van der Waals surface area contributed by atoms with Crippen LogP contribution in [-0.2, 0) is 9.53 Å². The third-order valence-corrected chi connectivity index (χ3v) is 4.93. The summed E-state index contributed by atoms with van der Waals surface area (Å²) in [7, 11) is 0. The molecule has 7 heteroatoms. The molecule has 3 rings (SSSR count). The van der Waals surface area contributed by atoms with Gasteiger partial charge in [0.05, 0.1) is 6.04 Å². The van der Waals surface area contributed by atoms with Crippen molar-refractivity contribution in [2.24, 2.45) is 10.2 Å². The Morgan fingerprint density at radius 3 is 2.84 bits per heavy atom. The van der Waals surface area contributed by atoms with Gasteiger partial charge in [-0.3, -0.25) is 4.79 Å². The molecule has 0 spiro atoms. The Morgan fingerprint density at radius 1 is 1.32 bits per heavy atom. The lowest BCUT2D eigenvalue weighted by Gasteiger charge is -2.39. The van der Waals surface area contributed by atoms with E-state index in [9.17, 15) is 9.59 Å². The van der Waals surface area contributed by atoms with Crippen LogP contribution in [0.5, 0.6) is 0 Å². The fourth-order valence-electron chi connectivity index (χ4n) is 3.77. The summed E-state index contributed by atoms with van der Waals surface area (Å²) in [5.74, 6) is -0.170. The molecule has 2 amide bonds. The van der Waals surface area contributed by atoms with Gasteiger partial charge < -0.3 is 15.0 Å². The average molecular weight is 348 g/mol. The summed E-state index contributed by atoms with van der Waals surface area (Å²) in [6, 6.07) is -0.0979. The van der Waals surface area contributed by atoms with Crippen molar-refractivity contribution in [3.05, 3.63) is 11.1 Å². The molecule has 0 radical (unpaired) electrons. The molecule has 0 aromatic heterocycles. The highest BCUT2D eigenvalue weighted by Crippen LogP contribution is 2.34. The molecule has 7 nitrogen and oxygen atoms in total. The molecular weight excluding hydrogens is 320 g/mol. The van der Waals surface area contributed by atoms with Gasteiger partial charge in [-0.15, -0.1) is 5.11 Å². The number of hydrogen-bond donors (Lipinski definition) is 1. The molecule has 0 aromatic rings. The maximum atomic E-state index is 12.6. The predicted octanol–water partition coefficient (Wildman–Crippen LogP) is 2.82. The van der Waals surface area contributed by atoms with Crippen molar-refractivity contribution in [1.82, 2.24) is 10.2 Å². The molecule has 1 fully saturated rings. The van der Waals surface area contributed by atoms with Crippen molar-refractivity contribution in [3.63, 3.8) is 0 Å². The van der Waals surface area contributed by atoms with Crippen molar-refractivity contribution >= 4 is 12.0 Å². The molecule has 2 aliphatic heterocycles. The first-order chi connectivity index (χ1) is 11.8. The lowest BCUT2D eigenvalue weighted by Crippen LogP contribution is -2.55. The van der Waals surface area contributed by atoms with Crippen LogP contribution in [-0.4, -0.2) is 54.2 Å². The van der Waals surface area contributed by atoms with E-state index in [2.05, 4.69) is 15.5 Å². The normalized spacial score (nSPS) is 27.3. The first kappa shape index (κ1) is 18.0. The van der Waals surface area contributed by atoms with Crippen LogP contribution in [0.4, 0.5) is 4.79 Å². The minimum absolute atomic E-state index is 0.00331. The molecule has 2 heterocycles. The van der Waals surface area contributed by atoms with Gasteiger partial charge in [0.1, 0.15) is 5.60 Å². The number of piperazine rings is 1. The molecule has 1 aliphatic carbocycles. The largest absolute Gasteiger partial charge is 0.444 e. The highest BCUT2D eigenvalue weighted by atomic mass is 16.6. The highest BCUT2D eigenvalue weighted by molar-refractivity contribution is 5.95. The molecule has 25 heavy (non-hydrogen) atoms. The molecule has 138 valence electrons. The Labute approximate surface area is 148 Å². The molecule has 2 atom stereocenters. The van der Waals surface area contributed by atoms with Crippen LogP contribution in [0.15, 0.2) is 21.4 Å². The number of nitrogens with one attached hydrogen (secondary N) is 1. The van der Waals surface area contributed by atoms with Crippen LogP contribution in [0.1, 0.15) is 52.9 Å². The predicted molar refractivity (Wildman–Crippen MR) is 93.4 cm³/mol. The van der Waals surface area contributed by atoms with Crippen LogP contribution >= 0.6 is 0 Å². The standard InChI is InChI=1S/C18H28N4O3/c1-18(2,3)25-17(24)22-9-8-19-11-12(22)10-15-13-6-4-5-7-14(13)16(23)21-20-15/h12,15,19H,4-11H2,1-3H3. The summed E-state index contributed by atoms with van der Waals surface area (Å²) in [4.78, 5) is 26.3. The van der Waals surface area contributed by atoms with E-state index in [0.717, 1.165) is 43.4 Å². The topological polar surface area (TPSA) is 83.4 Å². The van der Waals surface area contributed by atoms with Crippen LogP contribution in [0.25, 0.3) is 0 Å². The van der Waals surface area contributed by atoms with Gasteiger partial charge in [0.2, 0.25) is 0 Å². The Kier molecular flexibility index (Phi) is 5.22. The fourth-order valence-corrected chi connectivity index (χ4v) is 3.77. The monoisotopic (exact) mass is 348 g/mol. The minimum Gasteiger partial charge on any atom is -0.444 e. The number of hydrogen-bond acceptors (Lipinski definition) is 5. The summed E-state index contributed by atoms with van der Waals surface area (Å²) in [6.45, 7) is 7.72. The van der Waals surface area contributed by atoms with Crippen molar-refractivity contribution in [3.8, 4) is 0 Å². The zero-order valence-electron chi connectivity index (χ0n) is 15.4. The average Bonchev–Trinajstić information content (AvgIpc) is 2.56. The van der Waals surface area contributed by atoms with Gasteiger partial charge in [0.15, 0.2) is 0 Å². The van der Waals surface area contributed by atoms with Gasteiger partial charge >= 0.3 is 6.09 Å². The number of carbonyl (C=O) groups is 2. The minimum atomic E-state index is -0.511.